The predicted molar refractivity (Wildman–Crippen MR) is 86.6 cm³/mol. The minimum Gasteiger partial charge on any atom is -0.343 e. The van der Waals surface area contributed by atoms with E-state index in [0.717, 1.165) is 10.0 Å². The van der Waals surface area contributed by atoms with Crippen LogP contribution in [0.25, 0.3) is 10.9 Å². The highest BCUT2D eigenvalue weighted by Crippen LogP contribution is 2.26. The molecule has 21 heavy (non-hydrogen) atoms. The molecular weight excluding hydrogens is 332 g/mol. The Labute approximate surface area is 130 Å². The maximum absolute atomic E-state index is 10.8. The Morgan fingerprint density at radius 2 is 2.05 bits per heavy atom. The Kier molecular flexibility index (Phi) is 3.51. The number of aromatic nitrogens is 1. The van der Waals surface area contributed by atoms with Crippen LogP contribution in [0, 0.1) is 17.0 Å². The number of nitro groups is 1. The van der Waals surface area contributed by atoms with Crippen LogP contribution in [0.5, 0.6) is 0 Å². The highest BCUT2D eigenvalue weighted by Gasteiger charge is 2.10. The second-order valence-electron chi connectivity index (χ2n) is 4.98. The first-order chi connectivity index (χ1) is 10.1. The van der Waals surface area contributed by atoms with Crippen LogP contribution in [-0.2, 0) is 6.54 Å². The van der Waals surface area contributed by atoms with Crippen molar-refractivity contribution in [2.45, 2.75) is 13.5 Å². The van der Waals surface area contributed by atoms with Crippen molar-refractivity contribution >= 4 is 32.5 Å². The lowest BCUT2D eigenvalue weighted by atomic mass is 10.1. The van der Waals surface area contributed by atoms with Gasteiger partial charge in [-0.15, -0.1) is 0 Å². The van der Waals surface area contributed by atoms with Crippen LogP contribution in [0.15, 0.2) is 53.1 Å². The fraction of sp³-hybridized carbons (Fsp3) is 0.125. The first kappa shape index (κ1) is 13.8. The lowest BCUT2D eigenvalue weighted by Gasteiger charge is -2.08. The molecule has 1 heterocycles. The normalized spacial score (nSPS) is 11.0. The largest absolute Gasteiger partial charge is 0.343 e. The molecule has 3 aromatic rings. The standard InChI is InChI=1S/C16H13BrN2O2/c1-11-3-2-4-16-14(11)7-8-18(16)10-12-5-6-13(19(20)21)9-15(12)17/h2-9H,10H2,1H3. The topological polar surface area (TPSA) is 48.1 Å². The van der Waals surface area contributed by atoms with E-state index < -0.39 is 0 Å². The Balaban J connectivity index is 1.99. The van der Waals surface area contributed by atoms with Gasteiger partial charge in [-0.1, -0.05) is 28.1 Å². The third-order valence-corrected chi connectivity index (χ3v) is 4.36. The van der Waals surface area contributed by atoms with E-state index in [1.807, 2.05) is 12.3 Å². The summed E-state index contributed by atoms with van der Waals surface area (Å²) in [7, 11) is 0. The van der Waals surface area contributed by atoms with E-state index in [9.17, 15) is 10.1 Å². The molecule has 2 aromatic carbocycles. The minimum absolute atomic E-state index is 0.0961. The molecule has 106 valence electrons. The van der Waals surface area contributed by atoms with Gasteiger partial charge in [0.25, 0.3) is 5.69 Å². The van der Waals surface area contributed by atoms with Gasteiger partial charge in [0.05, 0.1) is 4.92 Å². The second-order valence-corrected chi connectivity index (χ2v) is 5.84. The quantitative estimate of drug-likeness (QED) is 0.512. The number of aryl methyl sites for hydroxylation is 1. The first-order valence-electron chi connectivity index (χ1n) is 6.53. The van der Waals surface area contributed by atoms with Gasteiger partial charge in [-0.2, -0.15) is 0 Å². The number of non-ortho nitro benzene ring substituents is 1. The molecule has 0 fully saturated rings. The molecule has 0 spiro atoms. The average Bonchev–Trinajstić information content (AvgIpc) is 2.85. The zero-order valence-electron chi connectivity index (χ0n) is 11.4. The smallest absolute Gasteiger partial charge is 0.270 e. The molecule has 0 amide bonds. The maximum atomic E-state index is 10.8. The molecule has 0 bridgehead atoms. The van der Waals surface area contributed by atoms with Crippen molar-refractivity contribution in [1.82, 2.24) is 4.57 Å². The summed E-state index contributed by atoms with van der Waals surface area (Å²) < 4.78 is 2.90. The Morgan fingerprint density at radius 1 is 1.24 bits per heavy atom. The van der Waals surface area contributed by atoms with Gasteiger partial charge in [0.1, 0.15) is 0 Å². The molecule has 0 saturated heterocycles. The van der Waals surface area contributed by atoms with Gasteiger partial charge < -0.3 is 4.57 Å². The molecule has 0 saturated carbocycles. The van der Waals surface area contributed by atoms with Crippen molar-refractivity contribution in [3.63, 3.8) is 0 Å². The van der Waals surface area contributed by atoms with Crippen molar-refractivity contribution < 1.29 is 4.92 Å². The number of benzene rings is 2. The van der Waals surface area contributed by atoms with E-state index in [1.54, 1.807) is 12.1 Å². The molecule has 0 atom stereocenters. The lowest BCUT2D eigenvalue weighted by molar-refractivity contribution is -0.384. The van der Waals surface area contributed by atoms with E-state index in [1.165, 1.54) is 22.5 Å². The molecule has 0 unspecified atom stereocenters. The number of hydrogen-bond acceptors (Lipinski definition) is 2. The van der Waals surface area contributed by atoms with Crippen LogP contribution >= 0.6 is 15.9 Å². The summed E-state index contributed by atoms with van der Waals surface area (Å²) in [4.78, 5) is 10.4. The molecule has 5 heteroatoms. The summed E-state index contributed by atoms with van der Waals surface area (Å²) in [6.45, 7) is 2.76. The first-order valence-corrected chi connectivity index (χ1v) is 7.33. The lowest BCUT2D eigenvalue weighted by Crippen LogP contribution is -1.99. The van der Waals surface area contributed by atoms with E-state index in [-0.39, 0.29) is 10.6 Å². The monoisotopic (exact) mass is 344 g/mol. The summed E-state index contributed by atoms with van der Waals surface area (Å²) >= 11 is 3.42. The van der Waals surface area contributed by atoms with E-state index in [4.69, 9.17) is 0 Å². The van der Waals surface area contributed by atoms with Crippen LogP contribution in [-0.4, -0.2) is 9.49 Å². The predicted octanol–water partition coefficient (Wildman–Crippen LogP) is 4.67. The molecular formula is C16H13BrN2O2. The van der Waals surface area contributed by atoms with Crippen LogP contribution in [0.2, 0.25) is 0 Å². The van der Waals surface area contributed by atoms with Crippen molar-refractivity contribution in [3.05, 3.63) is 74.4 Å². The van der Waals surface area contributed by atoms with Crippen molar-refractivity contribution in [2.24, 2.45) is 0 Å². The number of rotatable bonds is 3. The van der Waals surface area contributed by atoms with Crippen molar-refractivity contribution in [1.29, 1.82) is 0 Å². The van der Waals surface area contributed by atoms with Crippen LogP contribution in [0.3, 0.4) is 0 Å². The Morgan fingerprint density at radius 3 is 2.76 bits per heavy atom. The van der Waals surface area contributed by atoms with Crippen molar-refractivity contribution in [2.75, 3.05) is 0 Å². The van der Waals surface area contributed by atoms with Gasteiger partial charge in [0, 0.05) is 40.2 Å². The fourth-order valence-corrected chi connectivity index (χ4v) is 2.97. The summed E-state index contributed by atoms with van der Waals surface area (Å²) in [5.41, 5.74) is 3.52. The molecule has 1 aromatic heterocycles. The molecule has 0 radical (unpaired) electrons. The van der Waals surface area contributed by atoms with Gasteiger partial charge in [-0.05, 0) is 36.2 Å². The number of nitrogens with zero attached hydrogens (tertiary/aromatic N) is 2. The summed E-state index contributed by atoms with van der Waals surface area (Å²) in [5, 5.41) is 12.0. The summed E-state index contributed by atoms with van der Waals surface area (Å²) in [6, 6.07) is 13.2. The number of fused-ring (bicyclic) bond motifs is 1. The number of halogens is 1. The maximum Gasteiger partial charge on any atom is 0.270 e. The SMILES string of the molecule is Cc1cccc2c1ccn2Cc1ccc([N+](=O)[O-])cc1Br. The zero-order chi connectivity index (χ0) is 15.0. The van der Waals surface area contributed by atoms with Gasteiger partial charge in [0.2, 0.25) is 0 Å². The third kappa shape index (κ3) is 2.56. The van der Waals surface area contributed by atoms with Crippen LogP contribution in [0.4, 0.5) is 5.69 Å². The summed E-state index contributed by atoms with van der Waals surface area (Å²) in [6.07, 6.45) is 2.05. The van der Waals surface area contributed by atoms with Gasteiger partial charge in [-0.25, -0.2) is 0 Å². The highest BCUT2D eigenvalue weighted by atomic mass is 79.9. The zero-order valence-corrected chi connectivity index (χ0v) is 13.0. The second kappa shape index (κ2) is 5.33. The number of hydrogen-bond donors (Lipinski definition) is 0. The highest BCUT2D eigenvalue weighted by molar-refractivity contribution is 9.10. The van der Waals surface area contributed by atoms with E-state index >= 15 is 0 Å². The summed E-state index contributed by atoms with van der Waals surface area (Å²) in [5.74, 6) is 0. The van der Waals surface area contributed by atoms with Crippen LogP contribution < -0.4 is 0 Å². The van der Waals surface area contributed by atoms with Crippen LogP contribution in [0.1, 0.15) is 11.1 Å². The van der Waals surface area contributed by atoms with Gasteiger partial charge >= 0.3 is 0 Å². The molecule has 0 aliphatic carbocycles. The molecule has 4 nitrogen and oxygen atoms in total. The molecule has 0 aliphatic heterocycles. The van der Waals surface area contributed by atoms with Gasteiger partial charge in [-0.3, -0.25) is 10.1 Å². The van der Waals surface area contributed by atoms with Gasteiger partial charge in [0.15, 0.2) is 0 Å². The molecule has 0 N–H and O–H groups in total. The number of nitro benzene ring substituents is 1. The minimum atomic E-state index is -0.386. The van der Waals surface area contributed by atoms with E-state index in [0.29, 0.717) is 6.54 Å². The Hall–Kier alpha value is -2.14. The molecule has 3 rings (SSSR count). The van der Waals surface area contributed by atoms with E-state index in [2.05, 4.69) is 45.6 Å². The molecule has 0 aliphatic rings. The third-order valence-electron chi connectivity index (χ3n) is 3.62. The Bertz CT molecular complexity index is 839. The van der Waals surface area contributed by atoms with Crippen molar-refractivity contribution in [3.8, 4) is 0 Å². The fourth-order valence-electron chi connectivity index (χ4n) is 2.48. The average molecular weight is 345 g/mol.